The molecule has 0 bridgehead atoms. The Morgan fingerprint density at radius 1 is 1.07 bits per heavy atom. The number of H-pyrrole nitrogens is 1. The molecule has 3 saturated heterocycles. The second-order valence-electron chi connectivity index (χ2n) is 8.58. The Morgan fingerprint density at radius 2 is 1.80 bits per heavy atom. The number of pyridine rings is 1. The number of likely N-dealkylation sites (tertiary alicyclic amines) is 3. The van der Waals surface area contributed by atoms with E-state index in [0.717, 1.165) is 25.9 Å². The van der Waals surface area contributed by atoms with E-state index in [0.29, 0.717) is 54.5 Å². The van der Waals surface area contributed by atoms with Gasteiger partial charge in [-0.1, -0.05) is 0 Å². The number of carbonyl (C=O) groups excluding carboxylic acids is 3. The molecule has 0 aromatic carbocycles. The summed E-state index contributed by atoms with van der Waals surface area (Å²) in [6, 6.07) is 1.41. The van der Waals surface area contributed by atoms with Gasteiger partial charge in [-0.15, -0.1) is 5.10 Å². The van der Waals surface area contributed by atoms with Gasteiger partial charge < -0.3 is 14.7 Å². The van der Waals surface area contributed by atoms with Crippen LogP contribution in [0.4, 0.5) is 0 Å². The van der Waals surface area contributed by atoms with Crippen LogP contribution in [0.25, 0.3) is 11.2 Å². The van der Waals surface area contributed by atoms with Crippen molar-refractivity contribution in [2.75, 3.05) is 33.2 Å². The number of carbonyl (C=O) groups is 3. The topological polar surface area (TPSA) is 115 Å². The predicted octanol–water partition coefficient (Wildman–Crippen LogP) is 0.284. The molecule has 0 spiro atoms. The molecule has 5 rings (SSSR count). The Hall–Kier alpha value is -3.04. The standard InChI is InChI=1S/C20H25N7O3/c1-25-16(2-3-17(25)28)20(30)27-7-5-13(11-27)12-4-6-26(10-12)19(29)14-8-15-18(21-9-14)23-24-22-15/h8-9,12-13,16H,2-7,10-11H2,1H3,(H,21,22,23,24)/t12?,13?,16-/m1/s1. The third-order valence-corrected chi connectivity index (χ3v) is 6.91. The number of hydrogen-bond donors (Lipinski definition) is 1. The molecule has 10 heteroatoms. The van der Waals surface area contributed by atoms with Crippen LogP contribution >= 0.6 is 0 Å². The zero-order chi connectivity index (χ0) is 20.8. The number of nitrogens with one attached hydrogen (secondary N) is 1. The van der Waals surface area contributed by atoms with E-state index in [-0.39, 0.29) is 23.8 Å². The van der Waals surface area contributed by atoms with E-state index in [2.05, 4.69) is 20.4 Å². The van der Waals surface area contributed by atoms with Gasteiger partial charge in [0.25, 0.3) is 5.91 Å². The van der Waals surface area contributed by atoms with Gasteiger partial charge >= 0.3 is 0 Å². The van der Waals surface area contributed by atoms with Crippen LogP contribution in [0, 0.1) is 11.8 Å². The van der Waals surface area contributed by atoms with Crippen molar-refractivity contribution in [3.8, 4) is 0 Å². The van der Waals surface area contributed by atoms with Gasteiger partial charge in [0.2, 0.25) is 17.5 Å². The summed E-state index contributed by atoms with van der Waals surface area (Å²) in [5.74, 6) is 0.867. The van der Waals surface area contributed by atoms with Crippen molar-refractivity contribution < 1.29 is 14.4 Å². The molecule has 0 saturated carbocycles. The van der Waals surface area contributed by atoms with Gasteiger partial charge in [-0.2, -0.15) is 10.3 Å². The molecule has 3 amide bonds. The highest BCUT2D eigenvalue weighted by Crippen LogP contribution is 2.33. The lowest BCUT2D eigenvalue weighted by Crippen LogP contribution is -2.44. The van der Waals surface area contributed by atoms with Gasteiger partial charge in [-0.3, -0.25) is 14.4 Å². The Bertz CT molecular complexity index is 1010. The average molecular weight is 411 g/mol. The van der Waals surface area contributed by atoms with Gasteiger partial charge in [-0.25, -0.2) is 4.98 Å². The Kier molecular flexibility index (Phi) is 4.63. The second-order valence-corrected chi connectivity index (χ2v) is 8.58. The fourth-order valence-corrected chi connectivity index (χ4v) is 5.07. The lowest BCUT2D eigenvalue weighted by molar-refractivity contribution is -0.139. The first-order chi connectivity index (χ1) is 14.5. The molecule has 2 unspecified atom stereocenters. The van der Waals surface area contributed by atoms with E-state index in [9.17, 15) is 14.4 Å². The first kappa shape index (κ1) is 19.0. The van der Waals surface area contributed by atoms with Crippen molar-refractivity contribution in [1.29, 1.82) is 0 Å². The zero-order valence-corrected chi connectivity index (χ0v) is 17.0. The average Bonchev–Trinajstić information content (AvgIpc) is 3.54. The number of likely N-dealkylation sites (N-methyl/N-ethyl adjacent to an activating group) is 1. The second kappa shape index (κ2) is 7.33. The van der Waals surface area contributed by atoms with Crippen molar-refractivity contribution in [2.45, 2.75) is 31.7 Å². The van der Waals surface area contributed by atoms with Gasteiger partial charge in [-0.05, 0) is 37.2 Å². The molecule has 3 fully saturated rings. The fraction of sp³-hybridized carbons (Fsp3) is 0.600. The number of fused-ring (bicyclic) bond motifs is 1. The lowest BCUT2D eigenvalue weighted by atomic mass is 9.91. The third-order valence-electron chi connectivity index (χ3n) is 6.91. The maximum atomic E-state index is 12.9. The van der Waals surface area contributed by atoms with E-state index in [1.54, 1.807) is 24.2 Å². The molecule has 1 N–H and O–H groups in total. The summed E-state index contributed by atoms with van der Waals surface area (Å²) in [7, 11) is 1.72. The van der Waals surface area contributed by atoms with E-state index in [4.69, 9.17) is 0 Å². The minimum absolute atomic E-state index is 0.0353. The number of nitrogens with zero attached hydrogens (tertiary/aromatic N) is 6. The first-order valence-electron chi connectivity index (χ1n) is 10.5. The molecule has 158 valence electrons. The largest absolute Gasteiger partial charge is 0.341 e. The number of amides is 3. The maximum Gasteiger partial charge on any atom is 0.255 e. The van der Waals surface area contributed by atoms with Crippen LogP contribution in [0.1, 0.15) is 36.0 Å². The number of aromatic nitrogens is 4. The van der Waals surface area contributed by atoms with Gasteiger partial charge in [0.15, 0.2) is 0 Å². The molecular weight excluding hydrogens is 386 g/mol. The summed E-state index contributed by atoms with van der Waals surface area (Å²) >= 11 is 0. The molecule has 2 aromatic rings. The van der Waals surface area contributed by atoms with Crippen molar-refractivity contribution in [3.63, 3.8) is 0 Å². The monoisotopic (exact) mass is 411 g/mol. The summed E-state index contributed by atoms with van der Waals surface area (Å²) in [5, 5.41) is 10.4. The van der Waals surface area contributed by atoms with Crippen LogP contribution in [-0.4, -0.2) is 92.1 Å². The van der Waals surface area contributed by atoms with Crippen molar-refractivity contribution in [3.05, 3.63) is 17.8 Å². The predicted molar refractivity (Wildman–Crippen MR) is 106 cm³/mol. The zero-order valence-electron chi connectivity index (χ0n) is 17.0. The van der Waals surface area contributed by atoms with Crippen LogP contribution in [-0.2, 0) is 9.59 Å². The van der Waals surface area contributed by atoms with Crippen LogP contribution in [0.2, 0.25) is 0 Å². The summed E-state index contributed by atoms with van der Waals surface area (Å²) in [5.41, 5.74) is 1.60. The molecule has 0 radical (unpaired) electrons. The molecule has 3 aliphatic heterocycles. The quantitative estimate of drug-likeness (QED) is 0.776. The number of rotatable bonds is 3. The lowest BCUT2D eigenvalue weighted by Gasteiger charge is -2.26. The van der Waals surface area contributed by atoms with Gasteiger partial charge in [0.1, 0.15) is 11.6 Å². The highest BCUT2D eigenvalue weighted by atomic mass is 16.2. The molecule has 5 heterocycles. The van der Waals surface area contributed by atoms with E-state index >= 15 is 0 Å². The Balaban J connectivity index is 1.19. The molecular formula is C20H25N7O3. The van der Waals surface area contributed by atoms with Crippen molar-refractivity contribution >= 4 is 28.9 Å². The van der Waals surface area contributed by atoms with Crippen LogP contribution in [0.3, 0.4) is 0 Å². The SMILES string of the molecule is CN1C(=O)CC[C@@H]1C(=O)N1CCC(C2CCN(C(=O)c3cnc4n[nH]nc4c3)C2)C1. The molecule has 3 atom stereocenters. The number of aromatic amines is 1. The molecule has 3 aliphatic rings. The summed E-state index contributed by atoms with van der Waals surface area (Å²) in [6.45, 7) is 2.87. The molecule has 10 nitrogen and oxygen atoms in total. The van der Waals surface area contributed by atoms with Crippen molar-refractivity contribution in [2.24, 2.45) is 11.8 Å². The van der Waals surface area contributed by atoms with Gasteiger partial charge in [0, 0.05) is 45.8 Å². The maximum absolute atomic E-state index is 12.9. The van der Waals surface area contributed by atoms with E-state index < -0.39 is 0 Å². The minimum Gasteiger partial charge on any atom is -0.341 e. The van der Waals surface area contributed by atoms with E-state index in [1.807, 2.05) is 9.80 Å². The highest BCUT2D eigenvalue weighted by Gasteiger charge is 2.41. The fourth-order valence-electron chi connectivity index (χ4n) is 5.07. The molecule has 0 aliphatic carbocycles. The van der Waals surface area contributed by atoms with Crippen LogP contribution in [0.5, 0.6) is 0 Å². The molecule has 30 heavy (non-hydrogen) atoms. The van der Waals surface area contributed by atoms with Crippen LogP contribution < -0.4 is 0 Å². The third kappa shape index (κ3) is 3.20. The normalized spacial score (nSPS) is 26.9. The summed E-state index contributed by atoms with van der Waals surface area (Å²) < 4.78 is 0. The summed E-state index contributed by atoms with van der Waals surface area (Å²) in [6.07, 6.45) is 4.52. The number of hydrogen-bond acceptors (Lipinski definition) is 6. The van der Waals surface area contributed by atoms with E-state index in [1.165, 1.54) is 0 Å². The Morgan fingerprint density at radius 3 is 2.53 bits per heavy atom. The van der Waals surface area contributed by atoms with Crippen LogP contribution in [0.15, 0.2) is 12.3 Å². The van der Waals surface area contributed by atoms with Crippen molar-refractivity contribution in [1.82, 2.24) is 35.1 Å². The Labute approximate surface area is 173 Å². The minimum atomic E-state index is -0.308. The smallest absolute Gasteiger partial charge is 0.255 e. The molecule has 2 aromatic heterocycles. The summed E-state index contributed by atoms with van der Waals surface area (Å²) in [4.78, 5) is 47.1. The van der Waals surface area contributed by atoms with Gasteiger partial charge in [0.05, 0.1) is 5.56 Å². The first-order valence-corrected chi connectivity index (χ1v) is 10.5. The highest BCUT2D eigenvalue weighted by molar-refractivity contribution is 5.96.